The summed E-state index contributed by atoms with van der Waals surface area (Å²) < 4.78 is 0. The van der Waals surface area contributed by atoms with Crippen molar-refractivity contribution in [2.24, 2.45) is 5.92 Å². The van der Waals surface area contributed by atoms with Gasteiger partial charge in [0, 0.05) is 12.6 Å². The minimum Gasteiger partial charge on any atom is -0.314 e. The first-order chi connectivity index (χ1) is 7.84. The predicted octanol–water partition coefficient (Wildman–Crippen LogP) is 2.64. The smallest absolute Gasteiger partial charge is 0.00670 e. The van der Waals surface area contributed by atoms with Crippen molar-refractivity contribution in [3.8, 4) is 0 Å². The number of hydrogen-bond acceptors (Lipinski definition) is 2. The summed E-state index contributed by atoms with van der Waals surface area (Å²) in [5.74, 6) is 0.932. The van der Waals surface area contributed by atoms with E-state index in [0.717, 1.165) is 12.0 Å². The maximum Gasteiger partial charge on any atom is 0.00670 e. The summed E-state index contributed by atoms with van der Waals surface area (Å²) in [7, 11) is 0. The summed E-state index contributed by atoms with van der Waals surface area (Å²) in [5.41, 5.74) is 0. The van der Waals surface area contributed by atoms with Crippen LogP contribution in [0.15, 0.2) is 0 Å². The van der Waals surface area contributed by atoms with Crippen molar-refractivity contribution in [2.45, 2.75) is 57.9 Å². The van der Waals surface area contributed by atoms with E-state index in [-0.39, 0.29) is 0 Å². The van der Waals surface area contributed by atoms with E-state index in [2.05, 4.69) is 17.1 Å². The topological polar surface area (TPSA) is 15.3 Å². The van der Waals surface area contributed by atoms with Gasteiger partial charge in [0.1, 0.15) is 0 Å². The standard InChI is InChI=1S/C14H28N2/c1-13-6-5-11-16(12-13)10-3-2-9-15-14-7-4-8-14/h13-15H,2-12H2,1H3. The van der Waals surface area contributed by atoms with Gasteiger partial charge in [-0.2, -0.15) is 0 Å². The third kappa shape index (κ3) is 4.06. The van der Waals surface area contributed by atoms with Gasteiger partial charge in [-0.15, -0.1) is 0 Å². The zero-order valence-corrected chi connectivity index (χ0v) is 10.9. The molecule has 0 amide bonds. The van der Waals surface area contributed by atoms with Crippen molar-refractivity contribution in [1.82, 2.24) is 10.2 Å². The lowest BCUT2D eigenvalue weighted by Crippen LogP contribution is -2.37. The van der Waals surface area contributed by atoms with Gasteiger partial charge in [-0.25, -0.2) is 0 Å². The maximum atomic E-state index is 3.65. The number of nitrogens with one attached hydrogen (secondary N) is 1. The van der Waals surface area contributed by atoms with Gasteiger partial charge < -0.3 is 10.2 Å². The quantitative estimate of drug-likeness (QED) is 0.698. The van der Waals surface area contributed by atoms with Crippen molar-refractivity contribution in [3.63, 3.8) is 0 Å². The van der Waals surface area contributed by atoms with Crippen molar-refractivity contribution >= 4 is 0 Å². The highest BCUT2D eigenvalue weighted by Gasteiger charge is 2.16. The Labute approximate surface area is 101 Å². The molecule has 2 nitrogen and oxygen atoms in total. The Morgan fingerprint density at radius 3 is 2.69 bits per heavy atom. The fourth-order valence-electron chi connectivity index (χ4n) is 2.87. The second-order valence-electron chi connectivity index (χ2n) is 5.84. The van der Waals surface area contributed by atoms with E-state index in [9.17, 15) is 0 Å². The minimum absolute atomic E-state index is 0.870. The lowest BCUT2D eigenvalue weighted by molar-refractivity contribution is 0.180. The number of likely N-dealkylation sites (tertiary alicyclic amines) is 1. The zero-order valence-electron chi connectivity index (χ0n) is 10.9. The van der Waals surface area contributed by atoms with Crippen LogP contribution >= 0.6 is 0 Å². The number of piperidine rings is 1. The highest BCUT2D eigenvalue weighted by molar-refractivity contribution is 4.76. The molecule has 16 heavy (non-hydrogen) atoms. The van der Waals surface area contributed by atoms with Crippen LogP contribution in [0.25, 0.3) is 0 Å². The van der Waals surface area contributed by atoms with E-state index in [1.165, 1.54) is 71.1 Å². The molecule has 0 aromatic carbocycles. The van der Waals surface area contributed by atoms with E-state index in [1.54, 1.807) is 0 Å². The van der Waals surface area contributed by atoms with Crippen LogP contribution in [-0.4, -0.2) is 37.1 Å². The van der Waals surface area contributed by atoms with E-state index in [1.807, 2.05) is 0 Å². The Balaban J connectivity index is 1.44. The van der Waals surface area contributed by atoms with E-state index >= 15 is 0 Å². The molecule has 1 heterocycles. The summed E-state index contributed by atoms with van der Waals surface area (Å²) in [6.07, 6.45) is 9.89. The SMILES string of the molecule is CC1CCCN(CCCCNC2CCC2)C1. The first-order valence-electron chi connectivity index (χ1n) is 7.30. The van der Waals surface area contributed by atoms with Crippen LogP contribution in [0.5, 0.6) is 0 Å². The molecule has 94 valence electrons. The number of rotatable bonds is 6. The van der Waals surface area contributed by atoms with Crippen LogP contribution in [0.1, 0.15) is 51.9 Å². The fourth-order valence-corrected chi connectivity index (χ4v) is 2.87. The molecular weight excluding hydrogens is 196 g/mol. The Hall–Kier alpha value is -0.0800. The van der Waals surface area contributed by atoms with Gasteiger partial charge in [0.25, 0.3) is 0 Å². The van der Waals surface area contributed by atoms with Crippen molar-refractivity contribution in [1.29, 1.82) is 0 Å². The summed E-state index contributed by atoms with van der Waals surface area (Å²) in [5, 5.41) is 3.65. The first kappa shape index (κ1) is 12.4. The molecule has 1 saturated heterocycles. The minimum atomic E-state index is 0.870. The van der Waals surface area contributed by atoms with Crippen LogP contribution < -0.4 is 5.32 Å². The highest BCUT2D eigenvalue weighted by atomic mass is 15.1. The molecule has 1 unspecified atom stereocenters. The number of unbranched alkanes of at least 4 members (excludes halogenated alkanes) is 1. The molecule has 0 radical (unpaired) electrons. The monoisotopic (exact) mass is 224 g/mol. The number of hydrogen-bond donors (Lipinski definition) is 1. The first-order valence-corrected chi connectivity index (χ1v) is 7.30. The van der Waals surface area contributed by atoms with Gasteiger partial charge in [0.15, 0.2) is 0 Å². The van der Waals surface area contributed by atoms with E-state index in [0.29, 0.717) is 0 Å². The molecule has 2 aliphatic rings. The van der Waals surface area contributed by atoms with E-state index < -0.39 is 0 Å². The molecule has 1 N–H and O–H groups in total. The molecule has 2 heteroatoms. The van der Waals surface area contributed by atoms with Crippen LogP contribution in [-0.2, 0) is 0 Å². The highest BCUT2D eigenvalue weighted by Crippen LogP contribution is 2.18. The molecular formula is C14H28N2. The van der Waals surface area contributed by atoms with Crippen molar-refractivity contribution in [2.75, 3.05) is 26.2 Å². The second-order valence-corrected chi connectivity index (χ2v) is 5.84. The van der Waals surface area contributed by atoms with Crippen molar-refractivity contribution in [3.05, 3.63) is 0 Å². The lowest BCUT2D eigenvalue weighted by Gasteiger charge is -2.31. The third-order valence-electron chi connectivity index (χ3n) is 4.18. The van der Waals surface area contributed by atoms with Gasteiger partial charge in [-0.3, -0.25) is 0 Å². The van der Waals surface area contributed by atoms with Crippen molar-refractivity contribution < 1.29 is 0 Å². The second kappa shape index (κ2) is 6.61. The summed E-state index contributed by atoms with van der Waals surface area (Å²) in [6, 6.07) is 0.870. The molecule has 1 atom stereocenters. The lowest BCUT2D eigenvalue weighted by atomic mass is 9.93. The molecule has 0 aromatic rings. The Kier molecular flexibility index (Phi) is 5.11. The normalized spacial score (nSPS) is 27.9. The maximum absolute atomic E-state index is 3.65. The third-order valence-corrected chi connectivity index (χ3v) is 4.18. The molecule has 1 saturated carbocycles. The molecule has 1 aliphatic carbocycles. The van der Waals surface area contributed by atoms with Gasteiger partial charge in [-0.05, 0) is 64.1 Å². The summed E-state index contributed by atoms with van der Waals surface area (Å²) >= 11 is 0. The average Bonchev–Trinajstić information content (AvgIpc) is 2.20. The Morgan fingerprint density at radius 1 is 1.12 bits per heavy atom. The average molecular weight is 224 g/mol. The van der Waals surface area contributed by atoms with E-state index in [4.69, 9.17) is 0 Å². The Morgan fingerprint density at radius 2 is 2.00 bits per heavy atom. The van der Waals surface area contributed by atoms with Crippen LogP contribution in [0.3, 0.4) is 0 Å². The summed E-state index contributed by atoms with van der Waals surface area (Å²) in [4.78, 5) is 2.66. The molecule has 1 aliphatic heterocycles. The van der Waals surface area contributed by atoms with Gasteiger partial charge >= 0.3 is 0 Å². The largest absolute Gasteiger partial charge is 0.314 e. The molecule has 2 fully saturated rings. The van der Waals surface area contributed by atoms with Gasteiger partial charge in [0.2, 0.25) is 0 Å². The number of nitrogens with zero attached hydrogens (tertiary/aromatic N) is 1. The van der Waals surface area contributed by atoms with Gasteiger partial charge in [0.05, 0.1) is 0 Å². The molecule has 0 spiro atoms. The molecule has 0 aromatic heterocycles. The summed E-state index contributed by atoms with van der Waals surface area (Å²) in [6.45, 7) is 7.66. The molecule has 2 rings (SSSR count). The molecule has 0 bridgehead atoms. The fraction of sp³-hybridized carbons (Fsp3) is 1.00. The van der Waals surface area contributed by atoms with Gasteiger partial charge in [-0.1, -0.05) is 13.3 Å². The van der Waals surface area contributed by atoms with Crippen LogP contribution in [0.4, 0.5) is 0 Å². The van der Waals surface area contributed by atoms with Crippen LogP contribution in [0.2, 0.25) is 0 Å². The van der Waals surface area contributed by atoms with Crippen LogP contribution in [0, 0.1) is 5.92 Å². The predicted molar refractivity (Wildman–Crippen MR) is 69.7 cm³/mol. The zero-order chi connectivity index (χ0) is 11.2. The Bertz CT molecular complexity index is 189.